The number of carbonyl (C=O) groups is 1. The summed E-state index contributed by atoms with van der Waals surface area (Å²) < 4.78 is 17.0. The molecule has 116 valence electrons. The Bertz CT molecular complexity index is 453. The fourth-order valence-electron chi connectivity index (χ4n) is 1.91. The van der Waals surface area contributed by atoms with Gasteiger partial charge in [0, 0.05) is 24.8 Å². The van der Waals surface area contributed by atoms with Gasteiger partial charge in [0.05, 0.1) is 0 Å². The third-order valence-corrected chi connectivity index (χ3v) is 5.70. The van der Waals surface area contributed by atoms with Crippen LogP contribution in [0.4, 0.5) is 0 Å². The fraction of sp³-hybridized carbons (Fsp3) is 0.438. The Labute approximate surface area is 128 Å². The summed E-state index contributed by atoms with van der Waals surface area (Å²) in [7, 11) is -3.01. The molecule has 1 aromatic carbocycles. The van der Waals surface area contributed by atoms with Gasteiger partial charge in [0.25, 0.3) is 0 Å². The van der Waals surface area contributed by atoms with Crippen molar-refractivity contribution in [2.24, 2.45) is 0 Å². The highest BCUT2D eigenvalue weighted by molar-refractivity contribution is 6.62. The van der Waals surface area contributed by atoms with Crippen molar-refractivity contribution in [3.63, 3.8) is 0 Å². The minimum atomic E-state index is -3.01. The molecule has 0 heterocycles. The second kappa shape index (κ2) is 8.77. The predicted molar refractivity (Wildman–Crippen MR) is 84.9 cm³/mol. The van der Waals surface area contributed by atoms with Gasteiger partial charge in [0.15, 0.2) is 0 Å². The quantitative estimate of drug-likeness (QED) is 0.518. The zero-order valence-corrected chi connectivity index (χ0v) is 14.1. The van der Waals surface area contributed by atoms with Crippen LogP contribution < -0.4 is 0 Å². The van der Waals surface area contributed by atoms with Gasteiger partial charge in [-0.2, -0.15) is 0 Å². The third-order valence-electron chi connectivity index (χ3n) is 2.89. The molecular weight excluding hydrogens is 284 g/mol. The molecule has 0 saturated carbocycles. The van der Waals surface area contributed by atoms with Gasteiger partial charge in [-0.15, -0.1) is 0 Å². The van der Waals surface area contributed by atoms with E-state index >= 15 is 0 Å². The molecule has 4 nitrogen and oxygen atoms in total. The molecule has 0 saturated heterocycles. The first-order valence-corrected chi connectivity index (χ1v) is 9.17. The Morgan fingerprint density at radius 3 is 2.19 bits per heavy atom. The standard InChI is InChI=1S/C16H24O4Si/c1-5-18-21(19-6-2,20-16(17)14(3)4)13-12-15-10-8-7-9-11-15/h7-11H,3,5-6,12-13H2,1-2,4H3. The largest absolute Gasteiger partial charge is 0.568 e. The summed E-state index contributed by atoms with van der Waals surface area (Å²) in [6, 6.07) is 10.6. The van der Waals surface area contributed by atoms with E-state index < -0.39 is 14.8 Å². The summed E-state index contributed by atoms with van der Waals surface area (Å²) in [6.07, 6.45) is 0.747. The number of hydrogen-bond acceptors (Lipinski definition) is 4. The van der Waals surface area contributed by atoms with Crippen molar-refractivity contribution in [2.75, 3.05) is 13.2 Å². The van der Waals surface area contributed by atoms with E-state index in [1.54, 1.807) is 6.92 Å². The Kier molecular flexibility index (Phi) is 7.35. The van der Waals surface area contributed by atoms with Crippen LogP contribution in [-0.4, -0.2) is 28.0 Å². The van der Waals surface area contributed by atoms with Crippen LogP contribution in [-0.2, 0) is 24.5 Å². The first-order chi connectivity index (χ1) is 10.0. The number of aryl methyl sites for hydroxylation is 1. The lowest BCUT2D eigenvalue weighted by molar-refractivity contribution is -0.134. The second-order valence-electron chi connectivity index (χ2n) is 4.70. The summed E-state index contributed by atoms with van der Waals surface area (Å²) in [4.78, 5) is 11.9. The summed E-state index contributed by atoms with van der Waals surface area (Å²) >= 11 is 0. The van der Waals surface area contributed by atoms with Crippen molar-refractivity contribution >= 4 is 14.8 Å². The maximum atomic E-state index is 11.9. The predicted octanol–water partition coefficient (Wildman–Crippen LogP) is 3.36. The van der Waals surface area contributed by atoms with Crippen LogP contribution in [0.15, 0.2) is 42.5 Å². The van der Waals surface area contributed by atoms with Gasteiger partial charge < -0.3 is 13.3 Å². The molecule has 0 spiro atoms. The summed E-state index contributed by atoms with van der Waals surface area (Å²) in [5.74, 6) is -0.448. The van der Waals surface area contributed by atoms with Crippen molar-refractivity contribution in [3.8, 4) is 0 Å². The molecule has 1 rings (SSSR count). The monoisotopic (exact) mass is 308 g/mol. The third kappa shape index (κ3) is 5.83. The smallest absolute Gasteiger partial charge is 0.470 e. The van der Waals surface area contributed by atoms with Gasteiger partial charge >= 0.3 is 14.8 Å². The highest BCUT2D eigenvalue weighted by atomic mass is 28.4. The summed E-state index contributed by atoms with van der Waals surface area (Å²) in [5.41, 5.74) is 1.52. The Morgan fingerprint density at radius 2 is 1.71 bits per heavy atom. The minimum absolute atomic E-state index is 0.353. The molecule has 0 radical (unpaired) electrons. The number of carbonyl (C=O) groups excluding carboxylic acids is 1. The van der Waals surface area contributed by atoms with Crippen LogP contribution in [0.25, 0.3) is 0 Å². The normalized spacial score (nSPS) is 11.2. The molecule has 0 bridgehead atoms. The molecule has 0 aliphatic carbocycles. The maximum Gasteiger partial charge on any atom is 0.568 e. The van der Waals surface area contributed by atoms with Gasteiger partial charge in [-0.1, -0.05) is 36.9 Å². The number of benzene rings is 1. The lowest BCUT2D eigenvalue weighted by Crippen LogP contribution is -2.48. The van der Waals surface area contributed by atoms with Gasteiger partial charge in [-0.05, 0) is 32.8 Å². The molecule has 0 fully saturated rings. The lowest BCUT2D eigenvalue weighted by Gasteiger charge is -2.28. The molecule has 0 amide bonds. The van der Waals surface area contributed by atoms with Gasteiger partial charge in [-0.25, -0.2) is 4.79 Å². The topological polar surface area (TPSA) is 44.8 Å². The van der Waals surface area contributed by atoms with Crippen molar-refractivity contribution in [1.29, 1.82) is 0 Å². The molecule has 0 unspecified atom stereocenters. The van der Waals surface area contributed by atoms with E-state index in [9.17, 15) is 4.79 Å². The molecule has 0 aliphatic rings. The molecular formula is C16H24O4Si. The summed E-state index contributed by atoms with van der Waals surface area (Å²) in [5, 5.41) is 0. The van der Waals surface area contributed by atoms with E-state index in [-0.39, 0.29) is 0 Å². The van der Waals surface area contributed by atoms with Crippen LogP contribution in [0.1, 0.15) is 26.3 Å². The molecule has 21 heavy (non-hydrogen) atoms. The highest BCUT2D eigenvalue weighted by Crippen LogP contribution is 2.20. The SMILES string of the molecule is C=C(C)C(=O)O[Si](CCc1ccccc1)(OCC)OCC. The van der Waals surface area contributed by atoms with E-state index in [0.29, 0.717) is 24.8 Å². The molecule has 0 N–H and O–H groups in total. The van der Waals surface area contributed by atoms with Crippen molar-refractivity contribution in [2.45, 2.75) is 33.2 Å². The Morgan fingerprint density at radius 1 is 1.14 bits per heavy atom. The molecule has 1 aromatic rings. The average Bonchev–Trinajstić information content (AvgIpc) is 2.47. The van der Waals surface area contributed by atoms with Gasteiger partial charge in [-0.3, -0.25) is 0 Å². The van der Waals surface area contributed by atoms with Crippen LogP contribution >= 0.6 is 0 Å². The van der Waals surface area contributed by atoms with E-state index in [0.717, 1.165) is 6.42 Å². The molecule has 0 atom stereocenters. The fourth-order valence-corrected chi connectivity index (χ4v) is 4.43. The maximum absolute atomic E-state index is 11.9. The van der Waals surface area contributed by atoms with Crippen molar-refractivity contribution in [1.82, 2.24) is 0 Å². The minimum Gasteiger partial charge on any atom is -0.470 e. The first-order valence-electron chi connectivity index (χ1n) is 7.23. The number of rotatable bonds is 9. The molecule has 0 aliphatic heterocycles. The van der Waals surface area contributed by atoms with E-state index in [2.05, 4.69) is 6.58 Å². The van der Waals surface area contributed by atoms with Crippen LogP contribution in [0.2, 0.25) is 6.04 Å². The van der Waals surface area contributed by atoms with Crippen molar-refractivity contribution in [3.05, 3.63) is 48.0 Å². The lowest BCUT2D eigenvalue weighted by atomic mass is 10.2. The Hall–Kier alpha value is -1.43. The van der Waals surface area contributed by atoms with Crippen LogP contribution in [0.5, 0.6) is 0 Å². The van der Waals surface area contributed by atoms with E-state index in [1.807, 2.05) is 44.2 Å². The second-order valence-corrected chi connectivity index (χ2v) is 7.35. The molecule has 0 aromatic heterocycles. The number of hydrogen-bond donors (Lipinski definition) is 0. The average molecular weight is 308 g/mol. The van der Waals surface area contributed by atoms with Crippen LogP contribution in [0.3, 0.4) is 0 Å². The highest BCUT2D eigenvalue weighted by Gasteiger charge is 2.44. The zero-order chi connectivity index (χ0) is 15.7. The van der Waals surface area contributed by atoms with E-state index in [4.69, 9.17) is 13.3 Å². The molecule has 5 heteroatoms. The van der Waals surface area contributed by atoms with Crippen molar-refractivity contribution < 1.29 is 18.1 Å². The first kappa shape index (κ1) is 17.6. The Balaban J connectivity index is 2.83. The van der Waals surface area contributed by atoms with Gasteiger partial charge in [0.1, 0.15) is 0 Å². The summed E-state index contributed by atoms with van der Waals surface area (Å²) in [6.45, 7) is 9.88. The van der Waals surface area contributed by atoms with Crippen LogP contribution in [0, 0.1) is 0 Å². The zero-order valence-electron chi connectivity index (χ0n) is 13.1. The van der Waals surface area contributed by atoms with Gasteiger partial charge in [0.2, 0.25) is 0 Å². The van der Waals surface area contributed by atoms with E-state index in [1.165, 1.54) is 5.56 Å².